The lowest BCUT2D eigenvalue weighted by molar-refractivity contribution is 0.604. The van der Waals surface area contributed by atoms with E-state index in [9.17, 15) is 0 Å². The Hall–Kier alpha value is -2.13. The number of rotatable bonds is 3. The van der Waals surface area contributed by atoms with Crippen LogP contribution in [0.2, 0.25) is 0 Å². The van der Waals surface area contributed by atoms with E-state index in [1.807, 2.05) is 74.6 Å². The van der Waals surface area contributed by atoms with E-state index in [1.54, 1.807) is 0 Å². The van der Waals surface area contributed by atoms with Crippen LogP contribution in [0.4, 0.5) is 0 Å². The molecule has 27 heavy (non-hydrogen) atoms. The molecule has 1 unspecified atom stereocenters. The predicted molar refractivity (Wildman–Crippen MR) is 124 cm³/mol. The molecule has 0 aliphatic rings. The van der Waals surface area contributed by atoms with Crippen LogP contribution in [0.3, 0.4) is 0 Å². The molecule has 0 aliphatic carbocycles. The zero-order chi connectivity index (χ0) is 21.2. The molecule has 2 aromatic carbocycles. The van der Waals surface area contributed by atoms with Crippen molar-refractivity contribution in [3.05, 3.63) is 60.4 Å². The molecule has 0 saturated carbocycles. The van der Waals surface area contributed by atoms with E-state index >= 15 is 0 Å². The summed E-state index contributed by atoms with van der Waals surface area (Å²) in [5.74, 6) is 1.04. The number of aromatic nitrogens is 2. The quantitative estimate of drug-likeness (QED) is 0.519. The highest BCUT2D eigenvalue weighted by atomic mass is 15.1. The second-order valence-electron chi connectivity index (χ2n) is 4.64. The lowest BCUT2D eigenvalue weighted by Crippen LogP contribution is -2.17. The van der Waals surface area contributed by atoms with Gasteiger partial charge in [-0.05, 0) is 38.2 Å². The molecule has 0 spiro atoms. The number of hydrogen-bond donors (Lipinski definition) is 1. The highest BCUT2D eigenvalue weighted by molar-refractivity contribution is 5.78. The second-order valence-corrected chi connectivity index (χ2v) is 4.64. The maximum absolute atomic E-state index is 4.76. The fourth-order valence-corrected chi connectivity index (χ4v) is 2.31. The second kappa shape index (κ2) is 17.3. The molecule has 152 valence electrons. The first-order valence-corrected chi connectivity index (χ1v) is 10.5. The van der Waals surface area contributed by atoms with Crippen molar-refractivity contribution in [3.8, 4) is 5.69 Å². The van der Waals surface area contributed by atoms with Gasteiger partial charge in [0.15, 0.2) is 0 Å². The Morgan fingerprint density at radius 3 is 1.74 bits per heavy atom. The average Bonchev–Trinajstić information content (AvgIpc) is 3.19. The Labute approximate surface area is 167 Å². The van der Waals surface area contributed by atoms with Crippen LogP contribution in [0, 0.1) is 0 Å². The Morgan fingerprint density at radius 2 is 1.22 bits per heavy atom. The highest BCUT2D eigenvalue weighted by Crippen LogP contribution is 2.24. The Morgan fingerprint density at radius 1 is 0.741 bits per heavy atom. The van der Waals surface area contributed by atoms with E-state index in [2.05, 4.69) is 59.3 Å². The largest absolute Gasteiger partial charge is 0.311 e. The third-order valence-corrected chi connectivity index (χ3v) is 3.42. The summed E-state index contributed by atoms with van der Waals surface area (Å²) in [6, 6.07) is 18.8. The van der Waals surface area contributed by atoms with Crippen molar-refractivity contribution in [1.82, 2.24) is 14.9 Å². The van der Waals surface area contributed by atoms with Gasteiger partial charge in [0.25, 0.3) is 0 Å². The van der Waals surface area contributed by atoms with Gasteiger partial charge in [0.05, 0.1) is 17.1 Å². The molecule has 0 radical (unpaired) electrons. The third-order valence-electron chi connectivity index (χ3n) is 3.42. The molecule has 3 aromatic rings. The van der Waals surface area contributed by atoms with Gasteiger partial charge in [0.2, 0.25) is 0 Å². The zero-order valence-corrected chi connectivity index (χ0v) is 19.2. The predicted octanol–water partition coefficient (Wildman–Crippen LogP) is 7.41. The minimum atomic E-state index is 0.201. The van der Waals surface area contributed by atoms with Crippen molar-refractivity contribution in [2.24, 2.45) is 0 Å². The van der Waals surface area contributed by atoms with Crippen LogP contribution in [0.1, 0.15) is 74.2 Å². The van der Waals surface area contributed by atoms with Crippen LogP contribution in [0.25, 0.3) is 16.7 Å². The molecule has 0 aliphatic heterocycles. The number of para-hydroxylation sites is 3. The number of hydrogen-bond acceptors (Lipinski definition) is 2. The average molecular weight is 372 g/mol. The number of benzene rings is 2. The van der Waals surface area contributed by atoms with Gasteiger partial charge in [-0.1, -0.05) is 85.7 Å². The smallest absolute Gasteiger partial charge is 0.131 e. The van der Waals surface area contributed by atoms with Crippen LogP contribution in [-0.2, 0) is 0 Å². The fourth-order valence-electron chi connectivity index (χ4n) is 2.31. The molecular weight excluding hydrogens is 330 g/mol. The summed E-state index contributed by atoms with van der Waals surface area (Å²) in [6.07, 6.45) is 0. The van der Waals surface area contributed by atoms with Gasteiger partial charge in [-0.2, -0.15) is 0 Å². The Balaban J connectivity index is 0. The number of nitrogens with zero attached hydrogens (tertiary/aromatic N) is 2. The normalized spacial score (nSPS) is 9.85. The van der Waals surface area contributed by atoms with Crippen molar-refractivity contribution in [3.63, 3.8) is 0 Å². The van der Waals surface area contributed by atoms with E-state index in [0.29, 0.717) is 0 Å². The van der Waals surface area contributed by atoms with Crippen LogP contribution in [0.15, 0.2) is 54.6 Å². The number of imidazole rings is 1. The lowest BCUT2D eigenvalue weighted by Gasteiger charge is -2.14. The van der Waals surface area contributed by atoms with E-state index < -0.39 is 0 Å². The molecule has 1 aromatic heterocycles. The molecular formula is C24H41N3. The van der Waals surface area contributed by atoms with Gasteiger partial charge in [-0.15, -0.1) is 0 Å². The molecule has 3 heteroatoms. The molecule has 1 heterocycles. The van der Waals surface area contributed by atoms with Crippen LogP contribution >= 0.6 is 0 Å². The summed E-state index contributed by atoms with van der Waals surface area (Å²) in [6.45, 7) is 18.1. The molecule has 0 amide bonds. The van der Waals surface area contributed by atoms with Gasteiger partial charge in [-0.3, -0.25) is 4.57 Å². The van der Waals surface area contributed by atoms with Gasteiger partial charge in [0.1, 0.15) is 5.82 Å². The number of fused-ring (bicyclic) bond motifs is 1. The van der Waals surface area contributed by atoms with Crippen molar-refractivity contribution in [2.45, 2.75) is 68.4 Å². The summed E-state index contributed by atoms with van der Waals surface area (Å²) in [7, 11) is 1.96. The van der Waals surface area contributed by atoms with Crippen molar-refractivity contribution >= 4 is 11.0 Å². The van der Waals surface area contributed by atoms with Crippen LogP contribution < -0.4 is 5.32 Å². The van der Waals surface area contributed by atoms with Gasteiger partial charge in [0, 0.05) is 5.69 Å². The van der Waals surface area contributed by atoms with Crippen molar-refractivity contribution < 1.29 is 0 Å². The SMILES string of the molecule is CC.CC.CC.CC.CNC(C)c1nc2ccccc2n1-c1ccccc1. The van der Waals surface area contributed by atoms with Gasteiger partial charge < -0.3 is 5.32 Å². The fraction of sp³-hybridized carbons (Fsp3) is 0.458. The summed E-state index contributed by atoms with van der Waals surface area (Å²) in [5, 5.41) is 3.27. The summed E-state index contributed by atoms with van der Waals surface area (Å²) >= 11 is 0. The Kier molecular flexibility index (Phi) is 17.4. The summed E-state index contributed by atoms with van der Waals surface area (Å²) in [4.78, 5) is 4.76. The van der Waals surface area contributed by atoms with E-state index in [4.69, 9.17) is 4.98 Å². The molecule has 3 rings (SSSR count). The van der Waals surface area contributed by atoms with Gasteiger partial charge >= 0.3 is 0 Å². The van der Waals surface area contributed by atoms with Gasteiger partial charge in [-0.25, -0.2) is 4.98 Å². The van der Waals surface area contributed by atoms with Crippen LogP contribution in [-0.4, -0.2) is 16.6 Å². The minimum absolute atomic E-state index is 0.201. The first kappa shape index (κ1) is 27.1. The minimum Gasteiger partial charge on any atom is -0.311 e. The van der Waals surface area contributed by atoms with E-state index in [-0.39, 0.29) is 6.04 Å². The standard InChI is InChI=1S/C16H17N3.4C2H6/c1-12(17-2)16-18-14-10-6-7-11-15(14)19(16)13-8-4-3-5-9-13;4*1-2/h3-12,17H,1-2H3;4*1-2H3. The summed E-state index contributed by atoms with van der Waals surface area (Å²) in [5.41, 5.74) is 3.32. The summed E-state index contributed by atoms with van der Waals surface area (Å²) < 4.78 is 2.22. The topological polar surface area (TPSA) is 29.9 Å². The first-order valence-electron chi connectivity index (χ1n) is 10.5. The zero-order valence-electron chi connectivity index (χ0n) is 19.2. The van der Waals surface area contributed by atoms with E-state index in [1.165, 1.54) is 0 Å². The Bertz CT molecular complexity index is 687. The number of nitrogens with one attached hydrogen (secondary N) is 1. The maximum atomic E-state index is 4.76. The van der Waals surface area contributed by atoms with E-state index in [0.717, 1.165) is 22.5 Å². The first-order chi connectivity index (χ1) is 13.3. The third kappa shape index (κ3) is 7.56. The van der Waals surface area contributed by atoms with Crippen molar-refractivity contribution in [2.75, 3.05) is 7.05 Å². The maximum Gasteiger partial charge on any atom is 0.131 e. The molecule has 0 fully saturated rings. The molecule has 3 nitrogen and oxygen atoms in total. The van der Waals surface area contributed by atoms with Crippen molar-refractivity contribution in [1.29, 1.82) is 0 Å². The van der Waals surface area contributed by atoms with Crippen LogP contribution in [0.5, 0.6) is 0 Å². The molecule has 1 N–H and O–H groups in total. The lowest BCUT2D eigenvalue weighted by atomic mass is 10.2. The molecule has 0 bridgehead atoms. The molecule has 1 atom stereocenters. The molecule has 0 saturated heterocycles. The monoisotopic (exact) mass is 371 g/mol. The highest BCUT2D eigenvalue weighted by Gasteiger charge is 2.15.